The average molecular weight is 302 g/mol. The van der Waals surface area contributed by atoms with Gasteiger partial charge in [0.15, 0.2) is 0 Å². The smallest absolute Gasteiger partial charge is 0.119 e. The van der Waals surface area contributed by atoms with Crippen molar-refractivity contribution >= 4 is 0 Å². The van der Waals surface area contributed by atoms with Crippen LogP contribution < -0.4 is 4.74 Å². The van der Waals surface area contributed by atoms with E-state index in [1.54, 1.807) is 0 Å². The lowest BCUT2D eigenvalue weighted by molar-refractivity contribution is 0.113. The minimum absolute atomic E-state index is 0.738. The molecule has 0 aromatic heterocycles. The number of hydrogen-bond donors (Lipinski definition) is 0. The molecule has 1 aromatic carbocycles. The van der Waals surface area contributed by atoms with Crippen LogP contribution in [0.3, 0.4) is 0 Å². The molecule has 2 fully saturated rings. The van der Waals surface area contributed by atoms with E-state index in [2.05, 4.69) is 34.1 Å². The molecule has 2 aliphatic rings. The van der Waals surface area contributed by atoms with Crippen molar-refractivity contribution in [3.8, 4) is 5.75 Å². The normalized spacial score (nSPS) is 21.3. The summed E-state index contributed by atoms with van der Waals surface area (Å²) in [4.78, 5) is 5.27. The topological polar surface area (TPSA) is 15.7 Å². The van der Waals surface area contributed by atoms with Gasteiger partial charge in [-0.05, 0) is 43.4 Å². The minimum atomic E-state index is 0.738. The quantitative estimate of drug-likeness (QED) is 0.801. The van der Waals surface area contributed by atoms with Crippen molar-refractivity contribution in [1.82, 2.24) is 9.80 Å². The first-order valence-corrected chi connectivity index (χ1v) is 9.00. The number of ether oxygens (including phenoxy) is 1. The number of hydrogen-bond acceptors (Lipinski definition) is 3. The molecule has 1 aliphatic heterocycles. The van der Waals surface area contributed by atoms with Gasteiger partial charge in [-0.2, -0.15) is 0 Å². The zero-order valence-electron chi connectivity index (χ0n) is 14.0. The summed E-state index contributed by atoms with van der Waals surface area (Å²) in [6.45, 7) is 10.1. The minimum Gasteiger partial charge on any atom is -0.494 e. The summed E-state index contributed by atoms with van der Waals surface area (Å²) in [6, 6.07) is 8.59. The Morgan fingerprint density at radius 2 is 1.59 bits per heavy atom. The van der Waals surface area contributed by atoms with Gasteiger partial charge in [0.25, 0.3) is 0 Å². The van der Waals surface area contributed by atoms with Crippen LogP contribution in [0.25, 0.3) is 0 Å². The molecular weight excluding hydrogens is 272 g/mol. The van der Waals surface area contributed by atoms with Crippen molar-refractivity contribution in [3.05, 3.63) is 29.8 Å². The Hall–Kier alpha value is -1.06. The van der Waals surface area contributed by atoms with E-state index in [1.807, 2.05) is 6.92 Å². The Bertz CT molecular complexity index is 431. The molecule has 0 unspecified atom stereocenters. The van der Waals surface area contributed by atoms with Crippen LogP contribution in [-0.4, -0.2) is 49.1 Å². The maximum atomic E-state index is 5.51. The van der Waals surface area contributed by atoms with Crippen LogP contribution in [0.15, 0.2) is 24.3 Å². The number of benzene rings is 1. The largest absolute Gasteiger partial charge is 0.494 e. The second kappa shape index (κ2) is 7.98. The molecule has 0 radical (unpaired) electrons. The van der Waals surface area contributed by atoms with E-state index in [1.165, 1.54) is 64.0 Å². The van der Waals surface area contributed by atoms with E-state index in [0.29, 0.717) is 0 Å². The van der Waals surface area contributed by atoms with Crippen molar-refractivity contribution in [3.63, 3.8) is 0 Å². The zero-order chi connectivity index (χ0) is 15.2. The van der Waals surface area contributed by atoms with Gasteiger partial charge in [0.2, 0.25) is 0 Å². The Balaban J connectivity index is 1.41. The molecule has 1 aromatic rings. The van der Waals surface area contributed by atoms with E-state index in [9.17, 15) is 0 Å². The summed E-state index contributed by atoms with van der Waals surface area (Å²) in [5, 5.41) is 0. The molecule has 1 heterocycles. The van der Waals surface area contributed by atoms with E-state index in [0.717, 1.165) is 24.8 Å². The fourth-order valence-electron chi connectivity index (χ4n) is 3.80. The molecule has 0 atom stereocenters. The predicted molar refractivity (Wildman–Crippen MR) is 91.3 cm³/mol. The Kier molecular flexibility index (Phi) is 5.74. The van der Waals surface area contributed by atoms with Gasteiger partial charge in [-0.15, -0.1) is 0 Å². The van der Waals surface area contributed by atoms with Crippen LogP contribution in [0.5, 0.6) is 5.75 Å². The maximum Gasteiger partial charge on any atom is 0.119 e. The second-order valence-corrected chi connectivity index (χ2v) is 6.80. The second-order valence-electron chi connectivity index (χ2n) is 6.80. The highest BCUT2D eigenvalue weighted by molar-refractivity contribution is 5.27. The van der Waals surface area contributed by atoms with Gasteiger partial charge in [-0.25, -0.2) is 0 Å². The molecular formula is C19H30N2O. The molecule has 3 heteroatoms. The zero-order valence-corrected chi connectivity index (χ0v) is 14.0. The van der Waals surface area contributed by atoms with Crippen molar-refractivity contribution in [1.29, 1.82) is 0 Å². The monoisotopic (exact) mass is 302 g/mol. The molecule has 1 saturated carbocycles. The highest BCUT2D eigenvalue weighted by Crippen LogP contribution is 2.26. The Morgan fingerprint density at radius 3 is 2.23 bits per heavy atom. The molecule has 1 saturated heterocycles. The van der Waals surface area contributed by atoms with E-state index >= 15 is 0 Å². The number of piperazine rings is 1. The molecule has 1 aliphatic carbocycles. The molecule has 0 N–H and O–H groups in total. The third-order valence-electron chi connectivity index (χ3n) is 5.10. The first kappa shape index (κ1) is 15.8. The Morgan fingerprint density at radius 1 is 0.955 bits per heavy atom. The predicted octanol–water partition coefficient (Wildman–Crippen LogP) is 3.39. The van der Waals surface area contributed by atoms with Crippen LogP contribution in [0, 0.1) is 5.92 Å². The fourth-order valence-corrected chi connectivity index (χ4v) is 3.80. The lowest BCUT2D eigenvalue weighted by atomic mass is 10.1. The molecule has 0 amide bonds. The third-order valence-corrected chi connectivity index (χ3v) is 5.10. The summed E-state index contributed by atoms with van der Waals surface area (Å²) in [7, 11) is 0. The first-order chi connectivity index (χ1) is 10.8. The first-order valence-electron chi connectivity index (χ1n) is 9.00. The van der Waals surface area contributed by atoms with Crippen molar-refractivity contribution in [2.75, 3.05) is 39.3 Å². The lowest BCUT2D eigenvalue weighted by Gasteiger charge is -2.36. The highest BCUT2D eigenvalue weighted by atomic mass is 16.5. The summed E-state index contributed by atoms with van der Waals surface area (Å²) in [5.74, 6) is 1.96. The summed E-state index contributed by atoms with van der Waals surface area (Å²) in [6.07, 6.45) is 5.85. The van der Waals surface area contributed by atoms with Crippen molar-refractivity contribution in [2.45, 2.75) is 39.2 Å². The van der Waals surface area contributed by atoms with E-state index in [4.69, 9.17) is 4.74 Å². The molecule has 122 valence electrons. The van der Waals surface area contributed by atoms with Crippen LogP contribution in [0.2, 0.25) is 0 Å². The van der Waals surface area contributed by atoms with E-state index in [-0.39, 0.29) is 0 Å². The SMILES string of the molecule is CCOc1ccc(CN2CCN(CC3CCCC3)CC2)cc1. The summed E-state index contributed by atoms with van der Waals surface area (Å²) in [5.41, 5.74) is 1.40. The van der Waals surface area contributed by atoms with Crippen LogP contribution in [-0.2, 0) is 6.54 Å². The van der Waals surface area contributed by atoms with Gasteiger partial charge in [0, 0.05) is 39.3 Å². The summed E-state index contributed by atoms with van der Waals surface area (Å²) < 4.78 is 5.51. The van der Waals surface area contributed by atoms with Crippen LogP contribution in [0.4, 0.5) is 0 Å². The molecule has 3 nitrogen and oxygen atoms in total. The van der Waals surface area contributed by atoms with Gasteiger partial charge in [0.05, 0.1) is 6.61 Å². The fraction of sp³-hybridized carbons (Fsp3) is 0.684. The number of rotatable bonds is 6. The molecule has 0 bridgehead atoms. The van der Waals surface area contributed by atoms with Crippen molar-refractivity contribution < 1.29 is 4.74 Å². The van der Waals surface area contributed by atoms with Gasteiger partial charge >= 0.3 is 0 Å². The van der Waals surface area contributed by atoms with Crippen LogP contribution in [0.1, 0.15) is 38.2 Å². The maximum absolute atomic E-state index is 5.51. The van der Waals surface area contributed by atoms with E-state index < -0.39 is 0 Å². The standard InChI is InChI=1S/C19H30N2O/c1-2-22-19-9-7-18(8-10-19)16-21-13-11-20(12-14-21)15-17-5-3-4-6-17/h7-10,17H,2-6,11-16H2,1H3. The van der Waals surface area contributed by atoms with Gasteiger partial charge < -0.3 is 9.64 Å². The molecule has 22 heavy (non-hydrogen) atoms. The molecule has 0 spiro atoms. The average Bonchev–Trinajstić information content (AvgIpc) is 3.04. The van der Waals surface area contributed by atoms with Gasteiger partial charge in [-0.1, -0.05) is 25.0 Å². The third kappa shape index (κ3) is 4.47. The van der Waals surface area contributed by atoms with Crippen LogP contribution >= 0.6 is 0 Å². The Labute approximate surface area is 135 Å². The highest BCUT2D eigenvalue weighted by Gasteiger charge is 2.22. The summed E-state index contributed by atoms with van der Waals surface area (Å²) >= 11 is 0. The molecule has 3 rings (SSSR count). The van der Waals surface area contributed by atoms with Crippen molar-refractivity contribution in [2.24, 2.45) is 5.92 Å². The van der Waals surface area contributed by atoms with Gasteiger partial charge in [0.1, 0.15) is 5.75 Å². The lowest BCUT2D eigenvalue weighted by Crippen LogP contribution is -2.47. The number of nitrogens with zero attached hydrogens (tertiary/aromatic N) is 2. The van der Waals surface area contributed by atoms with Gasteiger partial charge in [-0.3, -0.25) is 4.90 Å².